The zero-order valence-corrected chi connectivity index (χ0v) is 7.71. The highest BCUT2D eigenvalue weighted by atomic mass is 32.2. The summed E-state index contributed by atoms with van der Waals surface area (Å²) in [5.41, 5.74) is 0. The molecule has 1 aliphatic carbocycles. The Balaban J connectivity index is 2.21. The van der Waals surface area contributed by atoms with Crippen LogP contribution < -0.4 is 5.14 Å². The molecule has 0 aromatic rings. The van der Waals surface area contributed by atoms with Crippen LogP contribution in [0.3, 0.4) is 0 Å². The summed E-state index contributed by atoms with van der Waals surface area (Å²) < 4.78 is 0.311. The molecule has 60 valence electrons. The summed E-state index contributed by atoms with van der Waals surface area (Å²) in [6.45, 7) is 4.46. The van der Waals surface area contributed by atoms with E-state index in [4.69, 9.17) is 5.14 Å². The summed E-state index contributed by atoms with van der Waals surface area (Å²) >= 11 is 1.50. The van der Waals surface area contributed by atoms with Crippen molar-refractivity contribution in [2.75, 3.05) is 0 Å². The van der Waals surface area contributed by atoms with Crippen LogP contribution in [0.2, 0.25) is 0 Å². The lowest BCUT2D eigenvalue weighted by molar-refractivity contribution is 0.275. The van der Waals surface area contributed by atoms with Gasteiger partial charge in [-0.05, 0) is 26.2 Å². The molecule has 0 spiro atoms. The van der Waals surface area contributed by atoms with Gasteiger partial charge in [0.05, 0.1) is 0 Å². The molecule has 1 nitrogen and oxygen atoms in total. The van der Waals surface area contributed by atoms with Crippen LogP contribution in [-0.4, -0.2) is 4.75 Å². The van der Waals surface area contributed by atoms with Crippen LogP contribution in [0.4, 0.5) is 0 Å². The van der Waals surface area contributed by atoms with Crippen molar-refractivity contribution in [3.05, 3.63) is 0 Å². The first kappa shape index (κ1) is 8.41. The summed E-state index contributed by atoms with van der Waals surface area (Å²) in [6, 6.07) is 0. The lowest BCUT2D eigenvalue weighted by Crippen LogP contribution is -2.25. The Morgan fingerprint density at radius 1 is 1.50 bits per heavy atom. The van der Waals surface area contributed by atoms with Crippen LogP contribution in [-0.2, 0) is 0 Å². The van der Waals surface area contributed by atoms with Crippen molar-refractivity contribution in [2.24, 2.45) is 11.1 Å². The van der Waals surface area contributed by atoms with E-state index in [0.717, 1.165) is 5.92 Å². The summed E-state index contributed by atoms with van der Waals surface area (Å²) in [5, 5.41) is 5.55. The molecular weight excluding hydrogens is 142 g/mol. The maximum absolute atomic E-state index is 5.55. The molecule has 10 heavy (non-hydrogen) atoms. The first-order valence-corrected chi connectivity index (χ1v) is 4.90. The van der Waals surface area contributed by atoms with E-state index in [0.29, 0.717) is 4.75 Å². The van der Waals surface area contributed by atoms with Gasteiger partial charge in [-0.25, -0.2) is 0 Å². The molecule has 0 aromatic heterocycles. The summed E-state index contributed by atoms with van der Waals surface area (Å²) in [7, 11) is 0. The van der Waals surface area contributed by atoms with Crippen LogP contribution in [0.5, 0.6) is 0 Å². The minimum atomic E-state index is 0.311. The van der Waals surface area contributed by atoms with Gasteiger partial charge in [0, 0.05) is 4.75 Å². The highest BCUT2D eigenvalue weighted by Crippen LogP contribution is 2.37. The van der Waals surface area contributed by atoms with Gasteiger partial charge in [-0.2, -0.15) is 0 Å². The first-order chi connectivity index (χ1) is 4.64. The van der Waals surface area contributed by atoms with E-state index in [1.165, 1.54) is 37.6 Å². The Bertz CT molecular complexity index is 108. The molecule has 0 aliphatic heterocycles. The van der Waals surface area contributed by atoms with E-state index in [1.54, 1.807) is 0 Å². The number of hydrogen-bond acceptors (Lipinski definition) is 2. The highest BCUT2D eigenvalue weighted by Gasteiger charge is 2.26. The largest absolute Gasteiger partial charge is 0.277 e. The van der Waals surface area contributed by atoms with Gasteiger partial charge in [-0.3, -0.25) is 5.14 Å². The molecule has 0 radical (unpaired) electrons. The van der Waals surface area contributed by atoms with E-state index in [1.807, 2.05) is 0 Å². The third-order valence-electron chi connectivity index (χ3n) is 2.32. The maximum Gasteiger partial charge on any atom is 0.0249 e. The molecule has 0 heterocycles. The van der Waals surface area contributed by atoms with Crippen LogP contribution >= 0.6 is 11.9 Å². The van der Waals surface area contributed by atoms with Gasteiger partial charge in [-0.15, -0.1) is 0 Å². The van der Waals surface area contributed by atoms with Crippen LogP contribution in [0, 0.1) is 5.92 Å². The van der Waals surface area contributed by atoms with Gasteiger partial charge in [0.15, 0.2) is 0 Å². The molecule has 1 saturated carbocycles. The van der Waals surface area contributed by atoms with Crippen molar-refractivity contribution in [3.63, 3.8) is 0 Å². The van der Waals surface area contributed by atoms with Crippen LogP contribution in [0.25, 0.3) is 0 Å². The molecule has 0 atom stereocenters. The van der Waals surface area contributed by atoms with E-state index in [9.17, 15) is 0 Å². The third-order valence-corrected chi connectivity index (χ3v) is 3.13. The molecule has 1 aliphatic rings. The van der Waals surface area contributed by atoms with Gasteiger partial charge in [0.2, 0.25) is 0 Å². The topological polar surface area (TPSA) is 26.0 Å². The van der Waals surface area contributed by atoms with Gasteiger partial charge < -0.3 is 0 Å². The number of rotatable bonds is 3. The molecule has 0 bridgehead atoms. The Kier molecular flexibility index (Phi) is 2.64. The van der Waals surface area contributed by atoms with Gasteiger partial charge in [0.1, 0.15) is 0 Å². The molecule has 0 aromatic carbocycles. The molecule has 1 rings (SSSR count). The van der Waals surface area contributed by atoms with Crippen molar-refractivity contribution in [1.82, 2.24) is 0 Å². The molecule has 2 heteroatoms. The molecule has 0 amide bonds. The fourth-order valence-electron chi connectivity index (χ4n) is 1.44. The van der Waals surface area contributed by atoms with Crippen LogP contribution in [0.1, 0.15) is 39.5 Å². The maximum atomic E-state index is 5.55. The SMILES string of the molecule is CC(C)(CC1CCC1)SN. The first-order valence-electron chi connectivity index (χ1n) is 4.02. The predicted octanol–water partition coefficient (Wildman–Crippen LogP) is 2.56. The average Bonchev–Trinajstić information content (AvgIpc) is 1.80. The summed E-state index contributed by atoms with van der Waals surface area (Å²) in [5.74, 6) is 0.978. The van der Waals surface area contributed by atoms with Crippen molar-refractivity contribution in [2.45, 2.75) is 44.3 Å². The molecule has 0 unspecified atom stereocenters. The van der Waals surface area contributed by atoms with E-state index >= 15 is 0 Å². The monoisotopic (exact) mass is 159 g/mol. The number of nitrogens with two attached hydrogens (primary N) is 1. The molecule has 2 N–H and O–H groups in total. The predicted molar refractivity (Wildman–Crippen MR) is 47.8 cm³/mol. The lowest BCUT2D eigenvalue weighted by atomic mass is 9.79. The Labute approximate surface area is 67.9 Å². The van der Waals surface area contributed by atoms with Crippen molar-refractivity contribution >= 4 is 11.9 Å². The highest BCUT2D eigenvalue weighted by molar-refractivity contribution is 7.98. The fraction of sp³-hybridized carbons (Fsp3) is 1.00. The van der Waals surface area contributed by atoms with Gasteiger partial charge in [0.25, 0.3) is 0 Å². The minimum absolute atomic E-state index is 0.311. The van der Waals surface area contributed by atoms with E-state index in [-0.39, 0.29) is 0 Å². The minimum Gasteiger partial charge on any atom is -0.277 e. The zero-order chi connectivity index (χ0) is 7.61. The molecular formula is C8H17NS. The van der Waals surface area contributed by atoms with E-state index in [2.05, 4.69) is 13.8 Å². The smallest absolute Gasteiger partial charge is 0.0249 e. The lowest BCUT2D eigenvalue weighted by Gasteiger charge is -2.32. The van der Waals surface area contributed by atoms with Crippen molar-refractivity contribution < 1.29 is 0 Å². The quantitative estimate of drug-likeness (QED) is 0.640. The van der Waals surface area contributed by atoms with Gasteiger partial charge >= 0.3 is 0 Å². The fourth-order valence-corrected chi connectivity index (χ4v) is 1.77. The number of hydrogen-bond donors (Lipinski definition) is 1. The zero-order valence-electron chi connectivity index (χ0n) is 6.89. The molecule has 1 fully saturated rings. The van der Waals surface area contributed by atoms with Crippen molar-refractivity contribution in [3.8, 4) is 0 Å². The van der Waals surface area contributed by atoms with Crippen LogP contribution in [0.15, 0.2) is 0 Å². The average molecular weight is 159 g/mol. The van der Waals surface area contributed by atoms with E-state index < -0.39 is 0 Å². The standard InChI is InChI=1S/C8H17NS/c1-8(2,10-9)6-7-4-3-5-7/h7H,3-6,9H2,1-2H3. The Morgan fingerprint density at radius 2 is 2.10 bits per heavy atom. The second kappa shape index (κ2) is 3.14. The summed E-state index contributed by atoms with van der Waals surface area (Å²) in [6.07, 6.45) is 5.61. The van der Waals surface area contributed by atoms with Gasteiger partial charge in [-0.1, -0.05) is 31.2 Å². The summed E-state index contributed by atoms with van der Waals surface area (Å²) in [4.78, 5) is 0. The Hall–Kier alpha value is 0.310. The molecule has 0 saturated heterocycles. The second-order valence-corrected chi connectivity index (χ2v) is 5.22. The normalized spacial score (nSPS) is 20.7. The second-order valence-electron chi connectivity index (χ2n) is 3.88. The third kappa shape index (κ3) is 2.17. The Morgan fingerprint density at radius 3 is 2.40 bits per heavy atom. The van der Waals surface area contributed by atoms with Crippen molar-refractivity contribution in [1.29, 1.82) is 0 Å².